The van der Waals surface area contributed by atoms with Gasteiger partial charge in [-0.1, -0.05) is 30.3 Å². The molecule has 9 heteroatoms. The van der Waals surface area contributed by atoms with Crippen molar-refractivity contribution in [3.63, 3.8) is 0 Å². The van der Waals surface area contributed by atoms with Gasteiger partial charge in [0.15, 0.2) is 0 Å². The number of hydrazone groups is 1. The molecular formula is C19H18N6O3. The lowest BCUT2D eigenvalue weighted by atomic mass is 10.0. The molecular weight excluding hydrogens is 360 g/mol. The number of benzene rings is 2. The van der Waals surface area contributed by atoms with Crippen LogP contribution in [-0.2, 0) is 4.79 Å². The summed E-state index contributed by atoms with van der Waals surface area (Å²) in [6.45, 7) is 0. The smallest absolute Gasteiger partial charge is 0.269 e. The fraction of sp³-hybridized carbons (Fsp3) is 0.158. The quantitative estimate of drug-likeness (QED) is 0.308. The van der Waals surface area contributed by atoms with Crippen molar-refractivity contribution in [1.29, 1.82) is 0 Å². The number of H-pyrrole nitrogens is 1. The Morgan fingerprint density at radius 1 is 1.21 bits per heavy atom. The highest BCUT2D eigenvalue weighted by Crippen LogP contribution is 2.25. The summed E-state index contributed by atoms with van der Waals surface area (Å²) >= 11 is 0. The molecule has 0 bridgehead atoms. The minimum absolute atomic E-state index is 0.0236. The van der Waals surface area contributed by atoms with E-state index in [2.05, 4.69) is 26.4 Å². The van der Waals surface area contributed by atoms with E-state index < -0.39 is 11.0 Å². The third-order valence-electron chi connectivity index (χ3n) is 4.70. The highest BCUT2D eigenvalue weighted by Gasteiger charge is 2.30. The number of fused-ring (bicyclic) bond motifs is 1. The van der Waals surface area contributed by atoms with Crippen molar-refractivity contribution in [2.45, 2.75) is 18.5 Å². The minimum atomic E-state index is -0.496. The number of hydrogen-bond donors (Lipinski definition) is 4. The first-order valence-corrected chi connectivity index (χ1v) is 8.76. The van der Waals surface area contributed by atoms with Crippen LogP contribution in [0.25, 0.3) is 10.9 Å². The molecule has 2 atom stereocenters. The second-order valence-corrected chi connectivity index (χ2v) is 6.51. The van der Waals surface area contributed by atoms with E-state index in [0.29, 0.717) is 6.42 Å². The molecule has 28 heavy (non-hydrogen) atoms. The van der Waals surface area contributed by atoms with Crippen LogP contribution in [0.15, 0.2) is 59.8 Å². The predicted octanol–water partition coefficient (Wildman–Crippen LogP) is 2.13. The van der Waals surface area contributed by atoms with Crippen LogP contribution in [0.5, 0.6) is 0 Å². The van der Waals surface area contributed by atoms with Gasteiger partial charge in [0.1, 0.15) is 6.04 Å². The predicted molar refractivity (Wildman–Crippen MR) is 105 cm³/mol. The molecule has 1 saturated heterocycles. The van der Waals surface area contributed by atoms with Crippen molar-refractivity contribution < 1.29 is 9.72 Å². The van der Waals surface area contributed by atoms with Gasteiger partial charge in [0, 0.05) is 40.8 Å². The van der Waals surface area contributed by atoms with Crippen molar-refractivity contribution in [3.05, 3.63) is 76.0 Å². The number of nitro benzene ring substituents is 1. The van der Waals surface area contributed by atoms with Crippen LogP contribution in [-0.4, -0.2) is 28.1 Å². The number of nitrogens with one attached hydrogen (secondary N) is 4. The van der Waals surface area contributed by atoms with Gasteiger partial charge in [-0.25, -0.2) is 16.3 Å². The van der Waals surface area contributed by atoms with Crippen LogP contribution < -0.4 is 16.3 Å². The molecule has 1 fully saturated rings. The van der Waals surface area contributed by atoms with Crippen LogP contribution in [0, 0.1) is 10.1 Å². The van der Waals surface area contributed by atoms with Gasteiger partial charge in [0.25, 0.3) is 11.6 Å². The highest BCUT2D eigenvalue weighted by molar-refractivity contribution is 5.99. The van der Waals surface area contributed by atoms with Crippen LogP contribution >= 0.6 is 0 Å². The summed E-state index contributed by atoms with van der Waals surface area (Å²) in [5, 5.41) is 16.0. The molecule has 0 radical (unpaired) electrons. The van der Waals surface area contributed by atoms with E-state index in [4.69, 9.17) is 0 Å². The summed E-state index contributed by atoms with van der Waals surface area (Å²) in [5.74, 6) is -0.281. The fourth-order valence-electron chi connectivity index (χ4n) is 3.25. The fourth-order valence-corrected chi connectivity index (χ4v) is 3.25. The Kier molecular flexibility index (Phi) is 4.83. The van der Waals surface area contributed by atoms with Gasteiger partial charge in [0.2, 0.25) is 0 Å². The third-order valence-corrected chi connectivity index (χ3v) is 4.70. The van der Waals surface area contributed by atoms with Gasteiger partial charge >= 0.3 is 0 Å². The molecule has 9 nitrogen and oxygen atoms in total. The zero-order valence-corrected chi connectivity index (χ0v) is 14.8. The molecule has 3 aromatic rings. The Balaban J connectivity index is 1.37. The Hall–Kier alpha value is -3.56. The maximum Gasteiger partial charge on any atom is 0.269 e. The number of carbonyl (C=O) groups is 1. The van der Waals surface area contributed by atoms with E-state index in [1.807, 2.05) is 30.5 Å². The summed E-state index contributed by atoms with van der Waals surface area (Å²) in [7, 11) is 0. The topological polar surface area (TPSA) is 124 Å². The van der Waals surface area contributed by atoms with Gasteiger partial charge in [-0.05, 0) is 18.1 Å². The lowest BCUT2D eigenvalue weighted by molar-refractivity contribution is -0.384. The lowest BCUT2D eigenvalue weighted by Gasteiger charge is -2.09. The highest BCUT2D eigenvalue weighted by atomic mass is 16.6. The van der Waals surface area contributed by atoms with Gasteiger partial charge < -0.3 is 4.98 Å². The monoisotopic (exact) mass is 378 g/mol. The summed E-state index contributed by atoms with van der Waals surface area (Å²) in [4.78, 5) is 26.0. The number of carbonyl (C=O) groups excluding carboxylic acids is 1. The number of non-ortho nitro benzene ring substituents is 1. The Morgan fingerprint density at radius 3 is 2.93 bits per heavy atom. The first kappa shape index (κ1) is 17.8. The van der Waals surface area contributed by atoms with Gasteiger partial charge in [-0.3, -0.25) is 14.9 Å². The van der Waals surface area contributed by atoms with E-state index in [-0.39, 0.29) is 17.6 Å². The van der Waals surface area contributed by atoms with E-state index in [0.717, 1.165) is 22.0 Å². The first-order valence-electron chi connectivity index (χ1n) is 8.76. The average molecular weight is 378 g/mol. The third kappa shape index (κ3) is 3.61. The number of para-hydroxylation sites is 1. The molecule has 1 amide bonds. The molecule has 0 spiro atoms. The molecule has 4 N–H and O–H groups in total. The summed E-state index contributed by atoms with van der Waals surface area (Å²) in [6, 6.07) is 13.5. The number of amides is 1. The number of hydrogen-bond acceptors (Lipinski definition) is 6. The van der Waals surface area contributed by atoms with E-state index in [9.17, 15) is 14.9 Å². The van der Waals surface area contributed by atoms with Crippen molar-refractivity contribution in [2.24, 2.45) is 5.10 Å². The number of aromatic amines is 1. The molecule has 1 aliphatic rings. The zero-order valence-electron chi connectivity index (χ0n) is 14.8. The molecule has 4 rings (SSSR count). The molecule has 1 aliphatic heterocycles. The molecule has 2 heterocycles. The molecule has 0 aliphatic carbocycles. The van der Waals surface area contributed by atoms with Crippen molar-refractivity contribution in [1.82, 2.24) is 21.3 Å². The molecule has 1 aromatic heterocycles. The van der Waals surface area contributed by atoms with E-state index in [1.54, 1.807) is 18.3 Å². The van der Waals surface area contributed by atoms with E-state index >= 15 is 0 Å². The van der Waals surface area contributed by atoms with Gasteiger partial charge in [0.05, 0.1) is 11.1 Å². The molecule has 2 aromatic carbocycles. The maximum atomic E-state index is 12.3. The number of aromatic nitrogens is 1. The van der Waals surface area contributed by atoms with Crippen molar-refractivity contribution in [3.8, 4) is 0 Å². The van der Waals surface area contributed by atoms with Crippen LogP contribution in [0.2, 0.25) is 0 Å². The Labute approximate surface area is 159 Å². The normalized spacial score (nSPS) is 19.3. The van der Waals surface area contributed by atoms with Crippen LogP contribution in [0.1, 0.15) is 23.6 Å². The van der Waals surface area contributed by atoms with Crippen molar-refractivity contribution >= 4 is 28.7 Å². The SMILES string of the molecule is O=C(N/N=C/c1c[nH]c2ccccc12)C1CC(c2cccc([N+](=O)[O-])c2)NN1. The second-order valence-electron chi connectivity index (χ2n) is 6.51. The number of rotatable bonds is 5. The number of hydrazine groups is 1. The zero-order chi connectivity index (χ0) is 19.5. The second kappa shape index (κ2) is 7.59. The number of nitrogens with zero attached hydrogens (tertiary/aromatic N) is 2. The van der Waals surface area contributed by atoms with Crippen LogP contribution in [0.4, 0.5) is 5.69 Å². The summed E-state index contributed by atoms with van der Waals surface area (Å²) in [5.41, 5.74) is 11.1. The molecule has 142 valence electrons. The van der Waals surface area contributed by atoms with Gasteiger partial charge in [-0.15, -0.1) is 0 Å². The maximum absolute atomic E-state index is 12.3. The summed E-state index contributed by atoms with van der Waals surface area (Å²) < 4.78 is 0. The number of nitro groups is 1. The lowest BCUT2D eigenvalue weighted by Crippen LogP contribution is -2.41. The van der Waals surface area contributed by atoms with Crippen molar-refractivity contribution in [2.75, 3.05) is 0 Å². The summed E-state index contributed by atoms with van der Waals surface area (Å²) in [6.07, 6.45) is 3.88. The molecule has 2 unspecified atom stereocenters. The standard InChI is InChI=1S/C19H18N6O3/c26-19(24-21-11-13-10-20-16-7-2-1-6-15(13)16)18-9-17(22-23-18)12-4-3-5-14(8-12)25(27)28/h1-8,10-11,17-18,20,22-23H,9H2,(H,24,26)/b21-11+. The first-order chi connectivity index (χ1) is 13.6. The van der Waals surface area contributed by atoms with Crippen LogP contribution in [0.3, 0.4) is 0 Å². The minimum Gasteiger partial charge on any atom is -0.361 e. The Bertz CT molecular complexity index is 1060. The average Bonchev–Trinajstić information content (AvgIpc) is 3.36. The Morgan fingerprint density at radius 2 is 2.07 bits per heavy atom. The van der Waals surface area contributed by atoms with E-state index in [1.165, 1.54) is 12.1 Å². The van der Waals surface area contributed by atoms with Gasteiger partial charge in [-0.2, -0.15) is 5.10 Å². The largest absolute Gasteiger partial charge is 0.361 e. The molecule has 0 saturated carbocycles.